The van der Waals surface area contributed by atoms with Gasteiger partial charge in [-0.2, -0.15) is 0 Å². The Balaban J connectivity index is 1.57. The predicted octanol–water partition coefficient (Wildman–Crippen LogP) is 2.24. The standard InChI is InChI=1S/C19H21N3O3/c1-13-6-4-7-14(21-13)19(23)22-12-16(18-15(22)8-5-11-24-18)25-17-9-2-3-10-20-17/h2-4,6-7,9-10,15-16,18H,5,8,11-12H2,1H3/t15-,16-,18+/m1/s1. The zero-order valence-electron chi connectivity index (χ0n) is 14.2. The minimum absolute atomic E-state index is 0.0253. The van der Waals surface area contributed by atoms with E-state index >= 15 is 0 Å². The number of likely N-dealkylation sites (tertiary alicyclic amines) is 1. The van der Waals surface area contributed by atoms with Crippen molar-refractivity contribution in [2.75, 3.05) is 13.2 Å². The number of hydrogen-bond donors (Lipinski definition) is 0. The molecule has 6 heteroatoms. The molecule has 0 spiro atoms. The summed E-state index contributed by atoms with van der Waals surface area (Å²) in [5.41, 5.74) is 1.31. The lowest BCUT2D eigenvalue weighted by molar-refractivity contribution is -0.0455. The number of fused-ring (bicyclic) bond motifs is 1. The molecule has 2 fully saturated rings. The van der Waals surface area contributed by atoms with Gasteiger partial charge < -0.3 is 14.4 Å². The molecule has 2 aromatic rings. The van der Waals surface area contributed by atoms with E-state index in [0.29, 0.717) is 24.7 Å². The number of amides is 1. The summed E-state index contributed by atoms with van der Waals surface area (Å²) < 4.78 is 12.0. The Bertz CT molecular complexity index is 753. The van der Waals surface area contributed by atoms with E-state index in [4.69, 9.17) is 9.47 Å². The van der Waals surface area contributed by atoms with Crippen LogP contribution in [0, 0.1) is 6.92 Å². The normalized spacial score (nSPS) is 25.5. The Morgan fingerprint density at radius 3 is 3.00 bits per heavy atom. The van der Waals surface area contributed by atoms with Crippen LogP contribution in [0.2, 0.25) is 0 Å². The Morgan fingerprint density at radius 2 is 2.20 bits per heavy atom. The van der Waals surface area contributed by atoms with Gasteiger partial charge in [0, 0.05) is 24.6 Å². The van der Waals surface area contributed by atoms with Gasteiger partial charge in [-0.3, -0.25) is 4.79 Å². The van der Waals surface area contributed by atoms with Crippen molar-refractivity contribution in [3.63, 3.8) is 0 Å². The van der Waals surface area contributed by atoms with Crippen molar-refractivity contribution in [2.24, 2.45) is 0 Å². The zero-order chi connectivity index (χ0) is 17.2. The van der Waals surface area contributed by atoms with Gasteiger partial charge in [-0.25, -0.2) is 9.97 Å². The molecular formula is C19H21N3O3. The van der Waals surface area contributed by atoms with Crippen molar-refractivity contribution in [2.45, 2.75) is 38.0 Å². The molecule has 130 valence electrons. The van der Waals surface area contributed by atoms with Crippen LogP contribution in [-0.4, -0.2) is 52.2 Å². The maximum atomic E-state index is 13.0. The Morgan fingerprint density at radius 1 is 1.28 bits per heavy atom. The van der Waals surface area contributed by atoms with E-state index in [2.05, 4.69) is 9.97 Å². The number of nitrogens with zero attached hydrogens (tertiary/aromatic N) is 3. The third-order valence-electron chi connectivity index (χ3n) is 4.76. The number of carbonyl (C=O) groups is 1. The number of hydrogen-bond acceptors (Lipinski definition) is 5. The lowest BCUT2D eigenvalue weighted by atomic mass is 10.0. The van der Waals surface area contributed by atoms with Gasteiger partial charge in [0.15, 0.2) is 0 Å². The van der Waals surface area contributed by atoms with Crippen LogP contribution in [-0.2, 0) is 4.74 Å². The minimum Gasteiger partial charge on any atom is -0.470 e. The average Bonchev–Trinajstić information content (AvgIpc) is 3.01. The van der Waals surface area contributed by atoms with Gasteiger partial charge in [0.25, 0.3) is 5.91 Å². The molecule has 4 rings (SSSR count). The van der Waals surface area contributed by atoms with Crippen LogP contribution in [0.25, 0.3) is 0 Å². The zero-order valence-corrected chi connectivity index (χ0v) is 14.2. The summed E-state index contributed by atoms with van der Waals surface area (Å²) >= 11 is 0. The summed E-state index contributed by atoms with van der Waals surface area (Å²) in [5, 5.41) is 0. The summed E-state index contributed by atoms with van der Waals surface area (Å²) in [6.45, 7) is 3.08. The van der Waals surface area contributed by atoms with Gasteiger partial charge in [-0.15, -0.1) is 0 Å². The van der Waals surface area contributed by atoms with Crippen LogP contribution in [0.5, 0.6) is 5.88 Å². The smallest absolute Gasteiger partial charge is 0.272 e. The third-order valence-corrected chi connectivity index (χ3v) is 4.76. The van der Waals surface area contributed by atoms with Crippen molar-refractivity contribution in [3.05, 3.63) is 54.0 Å². The van der Waals surface area contributed by atoms with Crippen LogP contribution >= 0.6 is 0 Å². The maximum Gasteiger partial charge on any atom is 0.272 e. The number of pyridine rings is 2. The molecule has 0 aliphatic carbocycles. The molecule has 0 radical (unpaired) electrons. The van der Waals surface area contributed by atoms with Gasteiger partial charge in [0.2, 0.25) is 5.88 Å². The van der Waals surface area contributed by atoms with E-state index in [0.717, 1.165) is 18.5 Å². The first kappa shape index (κ1) is 16.0. The van der Waals surface area contributed by atoms with Crippen molar-refractivity contribution in [3.8, 4) is 5.88 Å². The summed E-state index contributed by atoms with van der Waals surface area (Å²) in [6.07, 6.45) is 3.23. The van der Waals surface area contributed by atoms with Crippen LogP contribution in [0.15, 0.2) is 42.6 Å². The fourth-order valence-corrected chi connectivity index (χ4v) is 3.63. The topological polar surface area (TPSA) is 64.6 Å². The van der Waals surface area contributed by atoms with E-state index in [9.17, 15) is 4.79 Å². The van der Waals surface area contributed by atoms with Gasteiger partial charge in [0.05, 0.1) is 12.6 Å². The molecule has 25 heavy (non-hydrogen) atoms. The minimum atomic E-state index is -0.214. The molecule has 0 N–H and O–H groups in total. The average molecular weight is 339 g/mol. The first-order valence-electron chi connectivity index (χ1n) is 8.66. The molecule has 2 aromatic heterocycles. The second-order valence-corrected chi connectivity index (χ2v) is 6.49. The van der Waals surface area contributed by atoms with Crippen molar-refractivity contribution >= 4 is 5.91 Å². The highest BCUT2D eigenvalue weighted by Crippen LogP contribution is 2.32. The maximum absolute atomic E-state index is 13.0. The second-order valence-electron chi connectivity index (χ2n) is 6.49. The molecule has 2 saturated heterocycles. The van der Waals surface area contributed by atoms with E-state index in [1.807, 2.05) is 42.2 Å². The van der Waals surface area contributed by atoms with Gasteiger partial charge >= 0.3 is 0 Å². The quantitative estimate of drug-likeness (QED) is 0.858. The lowest BCUT2D eigenvalue weighted by Crippen LogP contribution is -2.44. The lowest BCUT2D eigenvalue weighted by Gasteiger charge is -2.31. The van der Waals surface area contributed by atoms with Crippen molar-refractivity contribution in [1.29, 1.82) is 0 Å². The van der Waals surface area contributed by atoms with E-state index in [1.165, 1.54) is 0 Å². The highest BCUT2D eigenvalue weighted by molar-refractivity contribution is 5.93. The van der Waals surface area contributed by atoms with Gasteiger partial charge in [0.1, 0.15) is 17.9 Å². The van der Waals surface area contributed by atoms with Crippen LogP contribution < -0.4 is 4.74 Å². The number of aromatic nitrogens is 2. The first-order chi connectivity index (χ1) is 12.2. The van der Waals surface area contributed by atoms with Crippen LogP contribution in [0.3, 0.4) is 0 Å². The van der Waals surface area contributed by atoms with Crippen molar-refractivity contribution < 1.29 is 14.3 Å². The van der Waals surface area contributed by atoms with Crippen molar-refractivity contribution in [1.82, 2.24) is 14.9 Å². The molecule has 6 nitrogen and oxygen atoms in total. The molecule has 2 aliphatic rings. The molecule has 0 saturated carbocycles. The number of carbonyl (C=O) groups excluding carboxylic acids is 1. The first-order valence-corrected chi connectivity index (χ1v) is 8.66. The molecule has 3 atom stereocenters. The number of rotatable bonds is 3. The Kier molecular flexibility index (Phi) is 4.36. The molecule has 4 heterocycles. The highest BCUT2D eigenvalue weighted by Gasteiger charge is 2.47. The molecule has 0 aromatic carbocycles. The molecular weight excluding hydrogens is 318 g/mol. The highest BCUT2D eigenvalue weighted by atomic mass is 16.5. The monoisotopic (exact) mass is 339 g/mol. The third kappa shape index (κ3) is 3.22. The number of aryl methyl sites for hydroxylation is 1. The van der Waals surface area contributed by atoms with E-state index < -0.39 is 0 Å². The predicted molar refractivity (Wildman–Crippen MR) is 91.4 cm³/mol. The van der Waals surface area contributed by atoms with Gasteiger partial charge in [-0.1, -0.05) is 12.1 Å². The fraction of sp³-hybridized carbons (Fsp3) is 0.421. The summed E-state index contributed by atoms with van der Waals surface area (Å²) in [6, 6.07) is 11.1. The molecule has 1 amide bonds. The molecule has 0 bridgehead atoms. The van der Waals surface area contributed by atoms with E-state index in [1.54, 1.807) is 12.3 Å². The van der Waals surface area contributed by atoms with Gasteiger partial charge in [-0.05, 0) is 38.0 Å². The summed E-state index contributed by atoms with van der Waals surface area (Å²) in [7, 11) is 0. The van der Waals surface area contributed by atoms with Crippen LogP contribution in [0.1, 0.15) is 29.0 Å². The molecule has 2 aliphatic heterocycles. The Hall–Kier alpha value is -2.47. The summed E-state index contributed by atoms with van der Waals surface area (Å²) in [4.78, 5) is 23.5. The largest absolute Gasteiger partial charge is 0.470 e. The summed E-state index contributed by atoms with van der Waals surface area (Å²) in [5.74, 6) is 0.500. The Labute approximate surface area is 146 Å². The second kappa shape index (κ2) is 6.80. The number of ether oxygens (including phenoxy) is 2. The fourth-order valence-electron chi connectivity index (χ4n) is 3.63. The SMILES string of the molecule is Cc1cccc(C(=O)N2C[C@@H](Oc3ccccn3)[C@H]3OCCC[C@H]32)n1. The molecule has 0 unspecified atom stereocenters. The van der Waals surface area contributed by atoms with E-state index in [-0.39, 0.29) is 24.2 Å². The van der Waals surface area contributed by atoms with Crippen LogP contribution in [0.4, 0.5) is 0 Å².